The van der Waals surface area contributed by atoms with Gasteiger partial charge in [0.25, 0.3) is 0 Å². The van der Waals surface area contributed by atoms with Crippen molar-refractivity contribution in [2.75, 3.05) is 13.1 Å². The van der Waals surface area contributed by atoms with Gasteiger partial charge in [0.15, 0.2) is 0 Å². The highest BCUT2D eigenvalue weighted by Gasteiger charge is 2.53. The zero-order valence-corrected chi connectivity index (χ0v) is 10.9. The Morgan fingerprint density at radius 1 is 1.38 bits per heavy atom. The van der Waals surface area contributed by atoms with Crippen LogP contribution in [0.5, 0.6) is 0 Å². The molecule has 0 aliphatic carbocycles. The van der Waals surface area contributed by atoms with E-state index >= 15 is 0 Å². The van der Waals surface area contributed by atoms with Crippen LogP contribution in [0.4, 0.5) is 13.2 Å². The average Bonchev–Trinajstić information content (AvgIpc) is 2.85. The van der Waals surface area contributed by atoms with Gasteiger partial charge in [-0.3, -0.25) is 14.6 Å². The number of hydrogen-bond acceptors (Lipinski definition) is 3. The molecule has 0 unspecified atom stereocenters. The molecule has 0 aromatic carbocycles. The maximum atomic E-state index is 12.8. The summed E-state index contributed by atoms with van der Waals surface area (Å²) in [6.07, 6.45) is -1.76. The van der Waals surface area contributed by atoms with Crippen LogP contribution in [-0.4, -0.2) is 46.1 Å². The predicted molar refractivity (Wildman–Crippen MR) is 65.2 cm³/mol. The topological polar surface area (TPSA) is 70.5 Å². The molecule has 2 atom stereocenters. The number of carbonyl (C=O) groups excluding carboxylic acids is 1. The molecule has 2 rings (SSSR count). The number of likely N-dealkylation sites (tertiary alicyclic amines) is 1. The monoisotopic (exact) mass is 302 g/mol. The van der Waals surface area contributed by atoms with Crippen molar-refractivity contribution in [3.8, 4) is 0 Å². The number of carboxylic acid groups (broad SMARTS) is 1. The fourth-order valence-electron chi connectivity index (χ4n) is 2.38. The first-order valence-electron chi connectivity index (χ1n) is 6.25. The van der Waals surface area contributed by atoms with Crippen LogP contribution in [0.2, 0.25) is 0 Å². The fourth-order valence-corrected chi connectivity index (χ4v) is 2.38. The molecule has 0 saturated carbocycles. The highest BCUT2D eigenvalue weighted by atomic mass is 19.4. The zero-order chi connectivity index (χ0) is 15.6. The summed E-state index contributed by atoms with van der Waals surface area (Å²) >= 11 is 0. The zero-order valence-electron chi connectivity index (χ0n) is 10.9. The number of carbonyl (C=O) groups is 2. The molecule has 1 aliphatic rings. The predicted octanol–water partition coefficient (Wildman–Crippen LogP) is 1.35. The second-order valence-electron chi connectivity index (χ2n) is 4.93. The van der Waals surface area contributed by atoms with Crippen molar-refractivity contribution in [3.63, 3.8) is 0 Å². The van der Waals surface area contributed by atoms with Gasteiger partial charge in [-0.25, -0.2) is 0 Å². The summed E-state index contributed by atoms with van der Waals surface area (Å²) in [7, 11) is 0. The van der Waals surface area contributed by atoms with Gasteiger partial charge in [-0.1, -0.05) is 6.07 Å². The van der Waals surface area contributed by atoms with Crippen LogP contribution in [0.25, 0.3) is 0 Å². The molecule has 0 bridgehead atoms. The van der Waals surface area contributed by atoms with Crippen LogP contribution < -0.4 is 0 Å². The van der Waals surface area contributed by atoms with E-state index in [1.807, 2.05) is 0 Å². The minimum absolute atomic E-state index is 0.0925. The second-order valence-corrected chi connectivity index (χ2v) is 4.93. The van der Waals surface area contributed by atoms with Crippen molar-refractivity contribution in [3.05, 3.63) is 30.1 Å². The normalized spacial score (nSPS) is 22.3. The Kier molecular flexibility index (Phi) is 4.15. The van der Waals surface area contributed by atoms with Gasteiger partial charge in [-0.05, 0) is 11.6 Å². The number of pyridine rings is 1. The van der Waals surface area contributed by atoms with E-state index in [1.165, 1.54) is 12.4 Å². The summed E-state index contributed by atoms with van der Waals surface area (Å²) in [6.45, 7) is -1.03. The van der Waals surface area contributed by atoms with Crippen LogP contribution in [0.1, 0.15) is 5.56 Å². The molecule has 5 nitrogen and oxygen atoms in total. The molecular weight excluding hydrogens is 289 g/mol. The molecule has 1 saturated heterocycles. The number of aromatic nitrogens is 1. The summed E-state index contributed by atoms with van der Waals surface area (Å²) in [5, 5.41) is 8.89. The molecule has 21 heavy (non-hydrogen) atoms. The van der Waals surface area contributed by atoms with E-state index < -0.39 is 43.0 Å². The van der Waals surface area contributed by atoms with E-state index in [9.17, 15) is 22.8 Å². The van der Waals surface area contributed by atoms with E-state index in [0.717, 1.165) is 4.90 Å². The maximum absolute atomic E-state index is 12.8. The lowest BCUT2D eigenvalue weighted by molar-refractivity contribution is -0.188. The molecule has 0 radical (unpaired) electrons. The van der Waals surface area contributed by atoms with E-state index in [2.05, 4.69) is 4.98 Å². The number of aliphatic carboxylic acids is 1. The van der Waals surface area contributed by atoms with Crippen LogP contribution >= 0.6 is 0 Å². The Hall–Kier alpha value is -2.12. The minimum atomic E-state index is -4.63. The second kappa shape index (κ2) is 5.71. The summed E-state index contributed by atoms with van der Waals surface area (Å²) < 4.78 is 38.5. The maximum Gasteiger partial charge on any atom is 0.394 e. The van der Waals surface area contributed by atoms with Crippen LogP contribution in [0.15, 0.2) is 24.5 Å². The van der Waals surface area contributed by atoms with Gasteiger partial charge < -0.3 is 10.0 Å². The number of halogens is 3. The van der Waals surface area contributed by atoms with Crippen molar-refractivity contribution in [2.24, 2.45) is 11.8 Å². The Bertz CT molecular complexity index is 533. The third-order valence-corrected chi connectivity index (χ3v) is 3.49. The SMILES string of the molecule is O=C(O)[C@@H]1CN(C(=O)Cc2cccnc2)C[C@H]1C(F)(F)F. The first-order chi connectivity index (χ1) is 9.79. The van der Waals surface area contributed by atoms with Crippen LogP contribution in [-0.2, 0) is 16.0 Å². The van der Waals surface area contributed by atoms with E-state index in [0.29, 0.717) is 5.56 Å². The number of nitrogens with zero attached hydrogens (tertiary/aromatic N) is 2. The van der Waals surface area contributed by atoms with Crippen molar-refractivity contribution in [2.45, 2.75) is 12.6 Å². The van der Waals surface area contributed by atoms with Crippen LogP contribution in [0.3, 0.4) is 0 Å². The molecule has 1 aromatic heterocycles. The van der Waals surface area contributed by atoms with Gasteiger partial charge in [0.05, 0.1) is 18.3 Å². The van der Waals surface area contributed by atoms with Gasteiger partial charge in [-0.2, -0.15) is 13.2 Å². The molecule has 114 valence electrons. The molecule has 1 fully saturated rings. The highest BCUT2D eigenvalue weighted by molar-refractivity contribution is 5.80. The number of alkyl halides is 3. The number of amides is 1. The number of hydrogen-bond donors (Lipinski definition) is 1. The highest BCUT2D eigenvalue weighted by Crippen LogP contribution is 2.37. The number of rotatable bonds is 3. The lowest BCUT2D eigenvalue weighted by atomic mass is 9.96. The van der Waals surface area contributed by atoms with Gasteiger partial charge in [0.2, 0.25) is 5.91 Å². The largest absolute Gasteiger partial charge is 0.481 e. The molecule has 1 N–H and O–H groups in total. The van der Waals surface area contributed by atoms with Gasteiger partial charge in [0, 0.05) is 25.5 Å². The lowest BCUT2D eigenvalue weighted by Crippen LogP contribution is -2.34. The minimum Gasteiger partial charge on any atom is -0.481 e. The Balaban J connectivity index is 2.08. The molecule has 1 aliphatic heterocycles. The summed E-state index contributed by atoms with van der Waals surface area (Å²) in [6, 6.07) is 3.25. The fraction of sp³-hybridized carbons (Fsp3) is 0.462. The first kappa shape index (κ1) is 15.3. The number of carboxylic acids is 1. The van der Waals surface area contributed by atoms with Gasteiger partial charge >= 0.3 is 12.1 Å². The summed E-state index contributed by atoms with van der Waals surface area (Å²) in [5.41, 5.74) is 0.574. The third kappa shape index (κ3) is 3.50. The first-order valence-corrected chi connectivity index (χ1v) is 6.25. The van der Waals surface area contributed by atoms with Crippen molar-refractivity contribution in [1.29, 1.82) is 0 Å². The molecular formula is C13H13F3N2O3. The molecule has 0 spiro atoms. The quantitative estimate of drug-likeness (QED) is 0.915. The standard InChI is InChI=1S/C13H13F3N2O3/c14-13(15,16)10-7-18(6-9(10)12(20)21)11(19)4-8-2-1-3-17-5-8/h1-3,5,9-10H,4,6-7H2,(H,20,21)/t9-,10-/m1/s1. The van der Waals surface area contributed by atoms with Crippen molar-refractivity contribution in [1.82, 2.24) is 9.88 Å². The van der Waals surface area contributed by atoms with Crippen molar-refractivity contribution < 1.29 is 27.9 Å². The van der Waals surface area contributed by atoms with Gasteiger partial charge in [0.1, 0.15) is 0 Å². The van der Waals surface area contributed by atoms with E-state index in [-0.39, 0.29) is 6.42 Å². The smallest absolute Gasteiger partial charge is 0.394 e. The third-order valence-electron chi connectivity index (χ3n) is 3.49. The Morgan fingerprint density at radius 2 is 2.10 bits per heavy atom. The van der Waals surface area contributed by atoms with Gasteiger partial charge in [-0.15, -0.1) is 0 Å². The summed E-state index contributed by atoms with van der Waals surface area (Å²) in [5.74, 6) is -5.69. The molecule has 2 heterocycles. The average molecular weight is 302 g/mol. The molecule has 8 heteroatoms. The summed E-state index contributed by atoms with van der Waals surface area (Å²) in [4.78, 5) is 27.7. The van der Waals surface area contributed by atoms with Crippen molar-refractivity contribution >= 4 is 11.9 Å². The Labute approximate surface area is 118 Å². The van der Waals surface area contributed by atoms with E-state index in [4.69, 9.17) is 5.11 Å². The molecule has 1 amide bonds. The van der Waals surface area contributed by atoms with Crippen LogP contribution in [0, 0.1) is 11.8 Å². The van der Waals surface area contributed by atoms with E-state index in [1.54, 1.807) is 12.1 Å². The lowest BCUT2D eigenvalue weighted by Gasteiger charge is -2.18. The Morgan fingerprint density at radius 3 is 2.57 bits per heavy atom. The molecule has 1 aromatic rings.